The van der Waals surface area contributed by atoms with Crippen LogP contribution in [-0.4, -0.2) is 22.9 Å². The van der Waals surface area contributed by atoms with Crippen LogP contribution in [0.4, 0.5) is 10.5 Å². The first-order valence-electron chi connectivity index (χ1n) is 4.62. The lowest BCUT2D eigenvalue weighted by molar-refractivity contribution is 0.246. The van der Waals surface area contributed by atoms with Crippen molar-refractivity contribution in [1.82, 2.24) is 9.78 Å². The van der Waals surface area contributed by atoms with Gasteiger partial charge in [-0.1, -0.05) is 18.2 Å². The first kappa shape index (κ1) is 9.45. The van der Waals surface area contributed by atoms with Crippen molar-refractivity contribution < 1.29 is 4.79 Å². The van der Waals surface area contributed by atoms with Crippen LogP contribution in [0.1, 0.15) is 0 Å². The second-order valence-electron chi connectivity index (χ2n) is 3.13. The zero-order valence-corrected chi connectivity index (χ0v) is 8.37. The van der Waals surface area contributed by atoms with Crippen molar-refractivity contribution in [3.8, 4) is 0 Å². The number of aromatic nitrogens is 2. The van der Waals surface area contributed by atoms with E-state index >= 15 is 0 Å². The summed E-state index contributed by atoms with van der Waals surface area (Å²) in [6, 6.07) is 11.0. The minimum Gasteiger partial charge on any atom is -0.296 e. The molecule has 1 aromatic heterocycles. The topological polar surface area (TPSA) is 38.1 Å². The van der Waals surface area contributed by atoms with E-state index in [-0.39, 0.29) is 6.03 Å². The average molecular weight is 201 g/mol. The normalized spacial score (nSPS) is 9.93. The SMILES string of the molecule is CN(C(=O)n1cccn1)c1ccccc1. The van der Waals surface area contributed by atoms with Gasteiger partial charge < -0.3 is 0 Å². The van der Waals surface area contributed by atoms with Gasteiger partial charge in [0, 0.05) is 25.1 Å². The molecule has 0 saturated heterocycles. The summed E-state index contributed by atoms with van der Waals surface area (Å²) in [5.74, 6) is 0. The van der Waals surface area contributed by atoms with Gasteiger partial charge >= 0.3 is 6.03 Å². The molecule has 0 unspecified atom stereocenters. The lowest BCUT2D eigenvalue weighted by atomic mass is 10.3. The second-order valence-corrected chi connectivity index (χ2v) is 3.13. The van der Waals surface area contributed by atoms with Gasteiger partial charge in [0.05, 0.1) is 0 Å². The fraction of sp³-hybridized carbons (Fsp3) is 0.0909. The van der Waals surface area contributed by atoms with Gasteiger partial charge in [0.2, 0.25) is 0 Å². The fourth-order valence-corrected chi connectivity index (χ4v) is 1.30. The quantitative estimate of drug-likeness (QED) is 0.707. The van der Waals surface area contributed by atoms with E-state index < -0.39 is 0 Å². The molecule has 0 fully saturated rings. The molecule has 0 aliphatic carbocycles. The van der Waals surface area contributed by atoms with Crippen LogP contribution in [-0.2, 0) is 0 Å². The lowest BCUT2D eigenvalue weighted by Crippen LogP contribution is -2.31. The number of carbonyl (C=O) groups excluding carboxylic acids is 1. The summed E-state index contributed by atoms with van der Waals surface area (Å²) in [5.41, 5.74) is 0.845. The van der Waals surface area contributed by atoms with Crippen LogP contribution in [0.2, 0.25) is 0 Å². The van der Waals surface area contributed by atoms with E-state index in [1.165, 1.54) is 4.68 Å². The predicted molar refractivity (Wildman–Crippen MR) is 57.9 cm³/mol. The maximum atomic E-state index is 11.8. The van der Waals surface area contributed by atoms with Crippen molar-refractivity contribution in [2.75, 3.05) is 11.9 Å². The summed E-state index contributed by atoms with van der Waals surface area (Å²) in [6.45, 7) is 0. The van der Waals surface area contributed by atoms with Gasteiger partial charge in [0.15, 0.2) is 0 Å². The Kier molecular flexibility index (Phi) is 2.49. The molecular formula is C11H11N3O. The third-order valence-electron chi connectivity index (χ3n) is 2.13. The highest BCUT2D eigenvalue weighted by atomic mass is 16.2. The van der Waals surface area contributed by atoms with E-state index in [1.54, 1.807) is 30.4 Å². The molecule has 15 heavy (non-hydrogen) atoms. The van der Waals surface area contributed by atoms with E-state index in [1.807, 2.05) is 30.3 Å². The zero-order valence-electron chi connectivity index (χ0n) is 8.37. The molecule has 76 valence electrons. The molecule has 0 spiro atoms. The minimum absolute atomic E-state index is 0.175. The zero-order chi connectivity index (χ0) is 10.7. The molecule has 0 bridgehead atoms. The van der Waals surface area contributed by atoms with Crippen LogP contribution in [0.5, 0.6) is 0 Å². The summed E-state index contributed by atoms with van der Waals surface area (Å²) in [4.78, 5) is 13.4. The molecule has 0 N–H and O–H groups in total. The summed E-state index contributed by atoms with van der Waals surface area (Å²) < 4.78 is 1.30. The third-order valence-corrected chi connectivity index (χ3v) is 2.13. The summed E-state index contributed by atoms with van der Waals surface area (Å²) >= 11 is 0. The number of amides is 1. The first-order chi connectivity index (χ1) is 7.29. The summed E-state index contributed by atoms with van der Waals surface area (Å²) in [7, 11) is 1.72. The Morgan fingerprint density at radius 1 is 1.27 bits per heavy atom. The minimum atomic E-state index is -0.175. The number of hydrogen-bond donors (Lipinski definition) is 0. The maximum Gasteiger partial charge on any atom is 0.348 e. The van der Waals surface area contributed by atoms with Gasteiger partial charge in [-0.25, -0.2) is 4.79 Å². The highest BCUT2D eigenvalue weighted by Gasteiger charge is 2.11. The Balaban J connectivity index is 2.23. The predicted octanol–water partition coefficient (Wildman–Crippen LogP) is 1.99. The van der Waals surface area contributed by atoms with Crippen LogP contribution >= 0.6 is 0 Å². The number of para-hydroxylation sites is 1. The van der Waals surface area contributed by atoms with E-state index in [4.69, 9.17) is 0 Å². The number of hydrogen-bond acceptors (Lipinski definition) is 2. The second kappa shape index (κ2) is 3.96. The number of carbonyl (C=O) groups is 1. The highest BCUT2D eigenvalue weighted by Crippen LogP contribution is 2.11. The van der Waals surface area contributed by atoms with Gasteiger partial charge in [-0.15, -0.1) is 0 Å². The van der Waals surface area contributed by atoms with Gasteiger partial charge in [-0.3, -0.25) is 4.90 Å². The molecule has 4 nitrogen and oxygen atoms in total. The fourth-order valence-electron chi connectivity index (χ4n) is 1.30. The Labute approximate surface area is 87.7 Å². The molecule has 0 aliphatic heterocycles. The molecule has 1 heterocycles. The van der Waals surface area contributed by atoms with Crippen LogP contribution in [0.15, 0.2) is 48.8 Å². The molecule has 2 rings (SSSR count). The molecule has 0 aliphatic rings. The summed E-state index contributed by atoms with van der Waals surface area (Å²) in [5, 5.41) is 3.89. The monoisotopic (exact) mass is 201 g/mol. The van der Waals surface area contributed by atoms with Crippen molar-refractivity contribution in [1.29, 1.82) is 0 Å². The van der Waals surface area contributed by atoms with Gasteiger partial charge in [0.25, 0.3) is 0 Å². The number of nitrogens with zero attached hydrogens (tertiary/aromatic N) is 3. The molecule has 4 heteroatoms. The van der Waals surface area contributed by atoms with E-state index in [0.717, 1.165) is 5.69 Å². The average Bonchev–Trinajstić information content (AvgIpc) is 2.82. The van der Waals surface area contributed by atoms with E-state index in [0.29, 0.717) is 0 Å². The van der Waals surface area contributed by atoms with Crippen molar-refractivity contribution in [2.24, 2.45) is 0 Å². The molecule has 0 saturated carbocycles. The Hall–Kier alpha value is -2.10. The smallest absolute Gasteiger partial charge is 0.296 e. The van der Waals surface area contributed by atoms with Crippen LogP contribution < -0.4 is 4.90 Å². The third kappa shape index (κ3) is 1.88. The van der Waals surface area contributed by atoms with Crippen LogP contribution in [0.3, 0.4) is 0 Å². The Morgan fingerprint density at radius 2 is 2.00 bits per heavy atom. The molecule has 0 radical (unpaired) electrons. The standard InChI is InChI=1S/C11H11N3O/c1-13(10-6-3-2-4-7-10)11(15)14-9-5-8-12-14/h2-9H,1H3. The van der Waals surface area contributed by atoms with Crippen molar-refractivity contribution >= 4 is 11.7 Å². The molecular weight excluding hydrogens is 190 g/mol. The van der Waals surface area contributed by atoms with E-state index in [2.05, 4.69) is 5.10 Å². The van der Waals surface area contributed by atoms with Crippen LogP contribution in [0.25, 0.3) is 0 Å². The van der Waals surface area contributed by atoms with Gasteiger partial charge in [-0.05, 0) is 18.2 Å². The van der Waals surface area contributed by atoms with Gasteiger partial charge in [0.1, 0.15) is 0 Å². The Bertz CT molecular complexity index is 436. The molecule has 2 aromatic rings. The Morgan fingerprint density at radius 3 is 2.60 bits per heavy atom. The first-order valence-corrected chi connectivity index (χ1v) is 4.62. The maximum absolute atomic E-state index is 11.8. The lowest BCUT2D eigenvalue weighted by Gasteiger charge is -2.16. The van der Waals surface area contributed by atoms with Crippen LogP contribution in [0, 0.1) is 0 Å². The largest absolute Gasteiger partial charge is 0.348 e. The van der Waals surface area contributed by atoms with Crippen molar-refractivity contribution in [3.63, 3.8) is 0 Å². The van der Waals surface area contributed by atoms with Gasteiger partial charge in [-0.2, -0.15) is 9.78 Å². The summed E-state index contributed by atoms with van der Waals surface area (Å²) in [6.07, 6.45) is 3.21. The highest BCUT2D eigenvalue weighted by molar-refractivity contribution is 5.92. The molecule has 1 amide bonds. The number of anilines is 1. The van der Waals surface area contributed by atoms with Crippen molar-refractivity contribution in [3.05, 3.63) is 48.8 Å². The number of rotatable bonds is 1. The van der Waals surface area contributed by atoms with E-state index in [9.17, 15) is 4.79 Å². The molecule has 1 aromatic carbocycles. The molecule has 0 atom stereocenters. The number of benzene rings is 1. The van der Waals surface area contributed by atoms with Crippen molar-refractivity contribution in [2.45, 2.75) is 0 Å².